The highest BCUT2D eigenvalue weighted by atomic mass is 35.5. The van der Waals surface area contributed by atoms with Gasteiger partial charge in [-0.25, -0.2) is 4.79 Å². The minimum absolute atomic E-state index is 0.0375. The molecule has 130 valence electrons. The van der Waals surface area contributed by atoms with Gasteiger partial charge in [0.05, 0.1) is 12.3 Å². The highest BCUT2D eigenvalue weighted by molar-refractivity contribution is 6.30. The summed E-state index contributed by atoms with van der Waals surface area (Å²) < 4.78 is 4.98. The quantitative estimate of drug-likeness (QED) is 0.389. The van der Waals surface area contributed by atoms with Gasteiger partial charge in [0, 0.05) is 21.5 Å². The Kier molecular flexibility index (Phi) is 5.11. The fraction of sp³-hybridized carbons (Fsp3) is 0.143. The Morgan fingerprint density at radius 2 is 2.00 bits per heavy atom. The Bertz CT molecular complexity index is 1040. The number of aryl methyl sites for hydroxylation is 1. The van der Waals surface area contributed by atoms with Crippen molar-refractivity contribution in [3.05, 3.63) is 64.2 Å². The fourth-order valence-electron chi connectivity index (χ4n) is 2.87. The minimum atomic E-state index is -0.626. The smallest absolute Gasteiger partial charge is 0.348 e. The van der Waals surface area contributed by atoms with Crippen LogP contribution in [0.3, 0.4) is 0 Å². The predicted octanol–water partition coefficient (Wildman–Crippen LogP) is 5.27. The van der Waals surface area contributed by atoms with E-state index in [9.17, 15) is 10.1 Å². The van der Waals surface area contributed by atoms with Gasteiger partial charge < -0.3 is 9.72 Å². The number of nitrogens with one attached hydrogen (secondary N) is 1. The number of nitriles is 1. The number of ether oxygens (including phenoxy) is 1. The molecular weight excluding hydrogens is 348 g/mol. The largest absolute Gasteiger partial charge is 0.462 e. The number of halogens is 1. The third-order valence-electron chi connectivity index (χ3n) is 4.12. The normalized spacial score (nSPS) is 11.4. The van der Waals surface area contributed by atoms with E-state index >= 15 is 0 Å². The van der Waals surface area contributed by atoms with E-state index in [-0.39, 0.29) is 12.2 Å². The summed E-state index contributed by atoms with van der Waals surface area (Å²) in [6.07, 6.45) is 1.58. The lowest BCUT2D eigenvalue weighted by atomic mass is 10.0. The number of para-hydroxylation sites is 1. The van der Waals surface area contributed by atoms with Gasteiger partial charge in [-0.15, -0.1) is 0 Å². The van der Waals surface area contributed by atoms with Crippen molar-refractivity contribution in [2.45, 2.75) is 13.8 Å². The van der Waals surface area contributed by atoms with Crippen LogP contribution in [0.1, 0.15) is 18.1 Å². The number of rotatable bonds is 4. The predicted molar refractivity (Wildman–Crippen MR) is 104 cm³/mol. The molecule has 0 amide bonds. The number of H-pyrrole nitrogens is 1. The molecule has 5 heteroatoms. The van der Waals surface area contributed by atoms with Crippen LogP contribution in [0.4, 0.5) is 0 Å². The zero-order valence-electron chi connectivity index (χ0n) is 14.5. The van der Waals surface area contributed by atoms with Crippen molar-refractivity contribution in [2.24, 2.45) is 0 Å². The number of carbonyl (C=O) groups is 1. The molecule has 26 heavy (non-hydrogen) atoms. The van der Waals surface area contributed by atoms with Crippen LogP contribution >= 0.6 is 11.6 Å². The van der Waals surface area contributed by atoms with Crippen LogP contribution in [0.25, 0.3) is 28.2 Å². The van der Waals surface area contributed by atoms with Crippen molar-refractivity contribution in [3.8, 4) is 17.3 Å². The summed E-state index contributed by atoms with van der Waals surface area (Å²) in [5.74, 6) is -0.626. The van der Waals surface area contributed by atoms with Crippen molar-refractivity contribution < 1.29 is 9.53 Å². The Morgan fingerprint density at radius 3 is 2.65 bits per heavy atom. The number of benzene rings is 2. The first kappa shape index (κ1) is 17.8. The van der Waals surface area contributed by atoms with E-state index < -0.39 is 5.97 Å². The highest BCUT2D eigenvalue weighted by Crippen LogP contribution is 2.34. The molecule has 1 aromatic heterocycles. The molecule has 4 nitrogen and oxygen atoms in total. The SMILES string of the molecule is CCOC(=O)C(C#N)=Cc1c(-c2ccc(Cl)cc2)[nH]c2c(C)cccc12. The van der Waals surface area contributed by atoms with Crippen LogP contribution in [0, 0.1) is 18.3 Å². The molecule has 3 rings (SSSR count). The summed E-state index contributed by atoms with van der Waals surface area (Å²) in [5, 5.41) is 11.0. The molecule has 0 bridgehead atoms. The van der Waals surface area contributed by atoms with Crippen molar-refractivity contribution in [2.75, 3.05) is 6.61 Å². The van der Waals surface area contributed by atoms with Gasteiger partial charge in [0.1, 0.15) is 11.6 Å². The van der Waals surface area contributed by atoms with Gasteiger partial charge in [0.25, 0.3) is 0 Å². The molecule has 0 saturated carbocycles. The first-order valence-electron chi connectivity index (χ1n) is 8.21. The third-order valence-corrected chi connectivity index (χ3v) is 4.37. The lowest BCUT2D eigenvalue weighted by Gasteiger charge is -2.03. The Labute approximate surface area is 156 Å². The maximum atomic E-state index is 12.1. The highest BCUT2D eigenvalue weighted by Gasteiger charge is 2.17. The number of aromatic amines is 1. The molecule has 0 atom stereocenters. The lowest BCUT2D eigenvalue weighted by molar-refractivity contribution is -0.137. The molecule has 0 aliphatic heterocycles. The van der Waals surface area contributed by atoms with Crippen LogP contribution in [0.2, 0.25) is 5.02 Å². The van der Waals surface area contributed by atoms with Gasteiger partial charge in [-0.3, -0.25) is 0 Å². The molecule has 0 spiro atoms. The van der Waals surface area contributed by atoms with E-state index in [1.807, 2.05) is 43.3 Å². The molecule has 3 aromatic rings. The maximum absolute atomic E-state index is 12.1. The minimum Gasteiger partial charge on any atom is -0.462 e. The second-order valence-electron chi connectivity index (χ2n) is 5.81. The average Bonchev–Trinajstić information content (AvgIpc) is 3.00. The molecule has 0 fully saturated rings. The Hall–Kier alpha value is -3.03. The summed E-state index contributed by atoms with van der Waals surface area (Å²) in [5.41, 5.74) is 4.51. The summed E-state index contributed by atoms with van der Waals surface area (Å²) in [7, 11) is 0. The van der Waals surface area contributed by atoms with Crippen molar-refractivity contribution >= 4 is 34.5 Å². The van der Waals surface area contributed by atoms with E-state index in [1.54, 1.807) is 25.1 Å². The molecule has 0 radical (unpaired) electrons. The van der Waals surface area contributed by atoms with Gasteiger partial charge in [-0.1, -0.05) is 41.9 Å². The average molecular weight is 365 g/mol. The summed E-state index contributed by atoms with van der Waals surface area (Å²) in [6.45, 7) is 3.94. The number of hydrogen-bond acceptors (Lipinski definition) is 3. The Morgan fingerprint density at radius 1 is 1.27 bits per heavy atom. The number of carbonyl (C=O) groups excluding carboxylic acids is 1. The number of hydrogen-bond donors (Lipinski definition) is 1. The van der Waals surface area contributed by atoms with Crippen LogP contribution in [-0.2, 0) is 9.53 Å². The fourth-order valence-corrected chi connectivity index (χ4v) is 3.00. The van der Waals surface area contributed by atoms with Crippen molar-refractivity contribution in [3.63, 3.8) is 0 Å². The lowest BCUT2D eigenvalue weighted by Crippen LogP contribution is -2.06. The molecule has 2 aromatic carbocycles. The van der Waals surface area contributed by atoms with Crippen molar-refractivity contribution in [1.82, 2.24) is 4.98 Å². The monoisotopic (exact) mass is 364 g/mol. The van der Waals surface area contributed by atoms with E-state index in [0.29, 0.717) is 5.02 Å². The van der Waals surface area contributed by atoms with E-state index in [2.05, 4.69) is 4.98 Å². The first-order chi connectivity index (χ1) is 12.5. The molecular formula is C21H17ClN2O2. The summed E-state index contributed by atoms with van der Waals surface area (Å²) in [6, 6.07) is 15.3. The van der Waals surface area contributed by atoms with Crippen LogP contribution in [0.5, 0.6) is 0 Å². The number of fused-ring (bicyclic) bond motifs is 1. The number of esters is 1. The van der Waals surface area contributed by atoms with Crippen LogP contribution in [-0.4, -0.2) is 17.6 Å². The van der Waals surface area contributed by atoms with Gasteiger partial charge in [0.2, 0.25) is 0 Å². The molecule has 0 unspecified atom stereocenters. The van der Waals surface area contributed by atoms with Gasteiger partial charge in [0.15, 0.2) is 0 Å². The van der Waals surface area contributed by atoms with E-state index in [0.717, 1.165) is 33.3 Å². The molecule has 0 saturated heterocycles. The second kappa shape index (κ2) is 7.47. The van der Waals surface area contributed by atoms with E-state index in [1.165, 1.54) is 0 Å². The molecule has 0 aliphatic carbocycles. The molecule has 1 heterocycles. The summed E-state index contributed by atoms with van der Waals surface area (Å²) >= 11 is 6.00. The Balaban J connectivity index is 2.27. The number of nitrogens with zero attached hydrogens (tertiary/aromatic N) is 1. The van der Waals surface area contributed by atoms with Gasteiger partial charge >= 0.3 is 5.97 Å². The van der Waals surface area contributed by atoms with Gasteiger partial charge in [-0.2, -0.15) is 5.26 Å². The van der Waals surface area contributed by atoms with Crippen LogP contribution < -0.4 is 0 Å². The van der Waals surface area contributed by atoms with E-state index in [4.69, 9.17) is 16.3 Å². The first-order valence-corrected chi connectivity index (χ1v) is 8.59. The standard InChI is InChI=1S/C21H17ClN2O2/c1-3-26-21(25)15(12-23)11-18-17-6-4-5-13(2)19(17)24-20(18)14-7-9-16(22)10-8-14/h4-11,24H,3H2,1-2H3. The topological polar surface area (TPSA) is 65.9 Å². The molecule has 1 N–H and O–H groups in total. The number of aromatic nitrogens is 1. The molecule has 0 aliphatic rings. The maximum Gasteiger partial charge on any atom is 0.348 e. The zero-order chi connectivity index (χ0) is 18.7. The third kappa shape index (κ3) is 3.35. The zero-order valence-corrected chi connectivity index (χ0v) is 15.2. The summed E-state index contributed by atoms with van der Waals surface area (Å²) in [4.78, 5) is 15.5. The van der Waals surface area contributed by atoms with Crippen molar-refractivity contribution in [1.29, 1.82) is 5.26 Å². The van der Waals surface area contributed by atoms with Crippen LogP contribution in [0.15, 0.2) is 48.0 Å². The second-order valence-corrected chi connectivity index (χ2v) is 6.24. The van der Waals surface area contributed by atoms with Gasteiger partial charge in [-0.05, 0) is 43.2 Å².